The van der Waals surface area contributed by atoms with Crippen LogP contribution in [0.1, 0.15) is 316 Å². The molecule has 0 aliphatic carbocycles. The second-order valence-corrected chi connectivity index (χ2v) is 24.7. The zero-order valence-electron chi connectivity index (χ0n) is 50.5. The molecule has 9 nitrogen and oxygen atoms in total. The summed E-state index contributed by atoms with van der Waals surface area (Å²) in [5.74, 6) is -0.527. The van der Waals surface area contributed by atoms with Crippen LogP contribution in [0.5, 0.6) is 0 Å². The van der Waals surface area contributed by atoms with Crippen molar-refractivity contribution in [3.63, 3.8) is 0 Å². The highest BCUT2D eigenvalue weighted by molar-refractivity contribution is 7.45. The molecule has 0 radical (unpaired) electrons. The molecule has 1 amide bonds. The van der Waals surface area contributed by atoms with Crippen molar-refractivity contribution in [3.8, 4) is 0 Å². The molecule has 3 unspecified atom stereocenters. The minimum absolute atomic E-state index is 0.0194. The van der Waals surface area contributed by atoms with Crippen LogP contribution < -0.4 is 10.2 Å². The standard InChI is InChI=1S/C65H125N2O7P/c1-7-10-13-16-19-22-25-27-28-29-30-31-32-33-34-35-36-37-38-40-42-45-48-51-54-57-64(68)66-62(61-73-75(70,71)72-60-59-67(4,5)6)63(56-53-50-47-44-41-24-21-18-15-12-9-3)74-65(69)58-55-52-49-46-43-39-26-23-20-17-14-11-8-2/h19,22,27-28,53,56,62-63H,7-18,20-21,23-26,29-52,54-55,57-61H2,1-6H3,(H-,66,68,70,71)/b22-19-,28-27-,56-53-. The predicted octanol–water partition coefficient (Wildman–Crippen LogP) is 19.3. The first kappa shape index (κ1) is 73.2. The largest absolute Gasteiger partial charge is 0.756 e. The lowest BCUT2D eigenvalue weighted by Crippen LogP contribution is -2.47. The van der Waals surface area contributed by atoms with Gasteiger partial charge >= 0.3 is 5.97 Å². The van der Waals surface area contributed by atoms with E-state index in [2.05, 4.69) is 50.4 Å². The average Bonchev–Trinajstić information content (AvgIpc) is 3.37. The van der Waals surface area contributed by atoms with Crippen LogP contribution in [-0.2, 0) is 27.9 Å². The quantitative estimate of drug-likeness (QED) is 0.0212. The molecule has 0 aromatic carbocycles. The zero-order valence-corrected chi connectivity index (χ0v) is 51.4. The Morgan fingerprint density at radius 2 is 0.813 bits per heavy atom. The molecular formula is C65H125N2O7P. The lowest BCUT2D eigenvalue weighted by atomic mass is 10.0. The van der Waals surface area contributed by atoms with Crippen LogP contribution in [-0.4, -0.2) is 69.4 Å². The van der Waals surface area contributed by atoms with E-state index >= 15 is 0 Å². The summed E-state index contributed by atoms with van der Waals surface area (Å²) >= 11 is 0. The first-order chi connectivity index (χ1) is 36.4. The maximum atomic E-state index is 13.5. The molecule has 0 bridgehead atoms. The van der Waals surface area contributed by atoms with Crippen LogP contribution in [0.4, 0.5) is 0 Å². The van der Waals surface area contributed by atoms with Crippen molar-refractivity contribution in [3.05, 3.63) is 36.5 Å². The zero-order chi connectivity index (χ0) is 55.0. The minimum atomic E-state index is -4.69. The summed E-state index contributed by atoms with van der Waals surface area (Å²) in [5.41, 5.74) is 0. The summed E-state index contributed by atoms with van der Waals surface area (Å²) in [4.78, 5) is 39.9. The van der Waals surface area contributed by atoms with Gasteiger partial charge < -0.3 is 28.5 Å². The number of ether oxygens (including phenoxy) is 1. The van der Waals surface area contributed by atoms with Crippen LogP contribution in [0.25, 0.3) is 0 Å². The van der Waals surface area contributed by atoms with E-state index in [4.69, 9.17) is 13.8 Å². The fourth-order valence-corrected chi connectivity index (χ4v) is 10.3. The first-order valence-electron chi connectivity index (χ1n) is 32.3. The number of amides is 1. The summed E-state index contributed by atoms with van der Waals surface area (Å²) in [6, 6.07) is -0.883. The van der Waals surface area contributed by atoms with E-state index in [1.807, 2.05) is 33.3 Å². The highest BCUT2D eigenvalue weighted by atomic mass is 31.2. The highest BCUT2D eigenvalue weighted by Crippen LogP contribution is 2.38. The predicted molar refractivity (Wildman–Crippen MR) is 321 cm³/mol. The minimum Gasteiger partial charge on any atom is -0.756 e. The molecule has 0 aromatic rings. The van der Waals surface area contributed by atoms with Crippen LogP contribution in [0.15, 0.2) is 36.5 Å². The van der Waals surface area contributed by atoms with Crippen LogP contribution in [0, 0.1) is 0 Å². The number of hydrogen-bond donors (Lipinski definition) is 1. The number of quaternary nitrogens is 1. The fourth-order valence-electron chi connectivity index (χ4n) is 9.55. The Morgan fingerprint density at radius 1 is 0.467 bits per heavy atom. The number of nitrogens with one attached hydrogen (secondary N) is 1. The van der Waals surface area contributed by atoms with Crippen LogP contribution in [0.2, 0.25) is 0 Å². The smallest absolute Gasteiger partial charge is 0.306 e. The van der Waals surface area contributed by atoms with Crippen molar-refractivity contribution in [1.29, 1.82) is 0 Å². The third kappa shape index (κ3) is 56.8. The number of hydrogen-bond acceptors (Lipinski definition) is 7. The van der Waals surface area contributed by atoms with Gasteiger partial charge in [0, 0.05) is 12.8 Å². The molecule has 0 aliphatic rings. The molecule has 0 saturated heterocycles. The fraction of sp³-hybridized carbons (Fsp3) is 0.877. The Kier molecular flexibility index (Phi) is 54.2. The lowest BCUT2D eigenvalue weighted by molar-refractivity contribution is -0.870. The van der Waals surface area contributed by atoms with Gasteiger partial charge in [-0.1, -0.05) is 276 Å². The number of allylic oxidation sites excluding steroid dienone is 5. The van der Waals surface area contributed by atoms with Gasteiger partial charge in [-0.05, 0) is 63.9 Å². The summed E-state index contributed by atoms with van der Waals surface area (Å²) in [6.07, 6.45) is 66.9. The molecular weight excluding hydrogens is 952 g/mol. The number of likely N-dealkylation sites (N-methyl/N-ethyl adjacent to an activating group) is 1. The molecule has 0 heterocycles. The third-order valence-corrected chi connectivity index (χ3v) is 15.5. The van der Waals surface area contributed by atoms with E-state index in [1.54, 1.807) is 0 Å². The first-order valence-corrected chi connectivity index (χ1v) is 33.8. The Labute approximate surface area is 466 Å². The molecule has 75 heavy (non-hydrogen) atoms. The molecule has 0 aromatic heterocycles. The molecule has 0 saturated carbocycles. The monoisotopic (exact) mass is 1080 g/mol. The van der Waals surface area contributed by atoms with Gasteiger partial charge in [0.2, 0.25) is 5.91 Å². The van der Waals surface area contributed by atoms with Gasteiger partial charge in [0.1, 0.15) is 19.3 Å². The second-order valence-electron chi connectivity index (χ2n) is 23.3. The molecule has 0 aliphatic heterocycles. The van der Waals surface area contributed by atoms with E-state index < -0.39 is 20.0 Å². The summed E-state index contributed by atoms with van der Waals surface area (Å²) < 4.78 is 30.3. The van der Waals surface area contributed by atoms with E-state index in [-0.39, 0.29) is 31.5 Å². The van der Waals surface area contributed by atoms with E-state index in [0.29, 0.717) is 17.4 Å². The van der Waals surface area contributed by atoms with E-state index in [0.717, 1.165) is 64.2 Å². The van der Waals surface area contributed by atoms with E-state index in [9.17, 15) is 19.0 Å². The summed E-state index contributed by atoms with van der Waals surface area (Å²) in [7, 11) is 1.20. The highest BCUT2D eigenvalue weighted by Gasteiger charge is 2.27. The number of carbonyl (C=O) groups excluding carboxylic acids is 2. The topological polar surface area (TPSA) is 114 Å². The van der Waals surface area contributed by atoms with Gasteiger partial charge in [-0.3, -0.25) is 14.2 Å². The maximum absolute atomic E-state index is 13.5. The van der Waals surface area contributed by atoms with Crippen molar-refractivity contribution in [2.24, 2.45) is 0 Å². The molecule has 0 rings (SSSR count). The van der Waals surface area contributed by atoms with Gasteiger partial charge in [-0.2, -0.15) is 0 Å². The Balaban J connectivity index is 5.01. The molecule has 10 heteroatoms. The Morgan fingerprint density at radius 3 is 1.23 bits per heavy atom. The van der Waals surface area contributed by atoms with Crippen molar-refractivity contribution in [2.75, 3.05) is 40.9 Å². The van der Waals surface area contributed by atoms with Crippen molar-refractivity contribution < 1.29 is 37.3 Å². The second kappa shape index (κ2) is 55.5. The Bertz CT molecular complexity index is 1380. The summed E-state index contributed by atoms with van der Waals surface area (Å²) in [6.45, 7) is 6.85. The molecule has 0 spiro atoms. The number of phosphoric ester groups is 1. The third-order valence-electron chi connectivity index (χ3n) is 14.6. The summed E-state index contributed by atoms with van der Waals surface area (Å²) in [5, 5.41) is 3.04. The van der Waals surface area contributed by atoms with Gasteiger partial charge in [-0.15, -0.1) is 0 Å². The van der Waals surface area contributed by atoms with Crippen molar-refractivity contribution in [1.82, 2.24) is 5.32 Å². The number of unbranched alkanes of at least 4 members (excludes halogenated alkanes) is 39. The normalized spacial score (nSPS) is 13.9. The molecule has 1 N–H and O–H groups in total. The van der Waals surface area contributed by atoms with Gasteiger partial charge in [0.05, 0.1) is 33.8 Å². The average molecular weight is 1080 g/mol. The maximum Gasteiger partial charge on any atom is 0.306 e. The van der Waals surface area contributed by atoms with E-state index in [1.165, 1.54) is 218 Å². The molecule has 3 atom stereocenters. The SMILES string of the molecule is CCCCC/C=C\C/C=C\CCCCCCCCCCCCCCCCCC(=O)NC(COP(=O)([O-])OCC[N+](C)(C)C)C(/C=C\CCCCCCCCCCC)OC(=O)CCCCCCCCCCCCCCC. The van der Waals surface area contributed by atoms with Crippen LogP contribution >= 0.6 is 7.82 Å². The van der Waals surface area contributed by atoms with Gasteiger partial charge in [0.25, 0.3) is 7.82 Å². The number of carbonyl (C=O) groups is 2. The number of nitrogens with zero attached hydrogens (tertiary/aromatic N) is 1. The molecule has 0 fully saturated rings. The number of rotatable bonds is 59. The Hall–Kier alpha value is -1.77. The van der Waals surface area contributed by atoms with Crippen LogP contribution in [0.3, 0.4) is 0 Å². The van der Waals surface area contributed by atoms with Gasteiger partial charge in [0.15, 0.2) is 0 Å². The van der Waals surface area contributed by atoms with Crippen molar-refractivity contribution in [2.45, 2.75) is 328 Å². The lowest BCUT2D eigenvalue weighted by Gasteiger charge is -2.30. The number of esters is 1. The van der Waals surface area contributed by atoms with Gasteiger partial charge in [-0.25, -0.2) is 0 Å². The molecule has 442 valence electrons. The van der Waals surface area contributed by atoms with Crippen molar-refractivity contribution >= 4 is 19.7 Å². The number of phosphoric acid groups is 1.